The van der Waals surface area contributed by atoms with Crippen LogP contribution < -0.4 is 4.72 Å². The van der Waals surface area contributed by atoms with Gasteiger partial charge in [-0.1, -0.05) is 56.9 Å². The Labute approximate surface area is 166 Å². The van der Waals surface area contributed by atoms with Crippen LogP contribution in [0.3, 0.4) is 0 Å². The molecule has 1 aromatic carbocycles. The first-order valence-electron chi connectivity index (χ1n) is 10.7. The molecule has 2 aliphatic carbocycles. The van der Waals surface area contributed by atoms with Gasteiger partial charge >= 0.3 is 0 Å². The van der Waals surface area contributed by atoms with Gasteiger partial charge in [0.2, 0.25) is 10.0 Å². The fraction of sp³-hybridized carbons (Fsp3) is 0.727. The maximum absolute atomic E-state index is 11.8. The number of nitrogens with one attached hydrogen (secondary N) is 1. The Balaban J connectivity index is 0.00000225. The van der Waals surface area contributed by atoms with Gasteiger partial charge in [-0.2, -0.15) is 0 Å². The van der Waals surface area contributed by atoms with Crippen molar-refractivity contribution < 1.29 is 9.84 Å². The van der Waals surface area contributed by atoms with Gasteiger partial charge in [0.25, 0.3) is 0 Å². The third kappa shape index (κ3) is 4.10. The summed E-state index contributed by atoms with van der Waals surface area (Å²) in [6, 6.07) is 8.42. The topological polar surface area (TPSA) is 49.4 Å². The number of nitrogens with zero attached hydrogens (tertiary/aromatic N) is 1. The molecule has 0 amide bonds. The van der Waals surface area contributed by atoms with Crippen molar-refractivity contribution in [1.29, 1.82) is 0 Å². The van der Waals surface area contributed by atoms with Crippen LogP contribution >= 0.6 is 0 Å². The van der Waals surface area contributed by atoms with E-state index in [-0.39, 0.29) is 12.9 Å². The van der Waals surface area contributed by atoms with Gasteiger partial charge in [-0.3, -0.25) is 0 Å². The number of hydrogen-bond acceptors (Lipinski definition) is 3. The molecule has 1 heterocycles. The molecule has 1 saturated heterocycles. The average Bonchev–Trinajstić information content (AvgIpc) is 3.25. The Kier molecular flexibility index (Phi) is 5.38. The summed E-state index contributed by atoms with van der Waals surface area (Å²) in [5.74, 6) is 1.73. The third-order valence-corrected chi connectivity index (χ3v) is 8.14. The van der Waals surface area contributed by atoms with Crippen LogP contribution in [0.1, 0.15) is 70.5 Å². The standard InChI is InChI=1S/C22H34N2O2S.H2/c1-17(18-7-3-4-8-18)16-24-13-11-22(12-14-24)15-21(23-27(2,25)26)19-9-5-6-10-20(19)22;/h5-6,9-10,17-18,21,23H,3-4,7-8,11-16H2,1-2H3;1H/t17-,21-;/m1./s1. The predicted octanol–water partition coefficient (Wildman–Crippen LogP) is 4.09. The summed E-state index contributed by atoms with van der Waals surface area (Å²) in [6.07, 6.45) is 10.1. The van der Waals surface area contributed by atoms with Gasteiger partial charge in [0.1, 0.15) is 0 Å². The van der Waals surface area contributed by atoms with Crippen LogP contribution in [-0.4, -0.2) is 39.2 Å². The molecule has 0 radical (unpaired) electrons. The van der Waals surface area contributed by atoms with Crippen LogP contribution in [0.25, 0.3) is 0 Å². The Hall–Kier alpha value is -0.910. The van der Waals surface area contributed by atoms with Crippen molar-refractivity contribution in [3.63, 3.8) is 0 Å². The van der Waals surface area contributed by atoms with Crippen molar-refractivity contribution in [1.82, 2.24) is 9.62 Å². The lowest BCUT2D eigenvalue weighted by Crippen LogP contribution is -2.44. The largest absolute Gasteiger partial charge is 0.303 e. The number of sulfonamides is 1. The van der Waals surface area contributed by atoms with E-state index < -0.39 is 10.0 Å². The van der Waals surface area contributed by atoms with E-state index in [1.54, 1.807) is 0 Å². The van der Waals surface area contributed by atoms with Gasteiger partial charge in [-0.25, -0.2) is 13.1 Å². The SMILES string of the molecule is C[C@H](CN1CCC2(CC1)C[C@@H](NS(C)(=O)=O)c1ccccc12)C1CCCC1.[HH]. The minimum Gasteiger partial charge on any atom is -0.303 e. The Morgan fingerprint density at radius 3 is 2.56 bits per heavy atom. The Morgan fingerprint density at radius 2 is 1.89 bits per heavy atom. The minimum absolute atomic E-state index is 0. The first-order valence-corrected chi connectivity index (χ1v) is 12.5. The molecule has 1 spiro atoms. The number of hydrogen-bond donors (Lipinski definition) is 1. The monoisotopic (exact) mass is 392 g/mol. The summed E-state index contributed by atoms with van der Waals surface area (Å²) in [6.45, 7) is 5.94. The molecule has 2 atom stereocenters. The zero-order chi connectivity index (χ0) is 19.1. The van der Waals surface area contributed by atoms with E-state index in [2.05, 4.69) is 34.7 Å². The predicted molar refractivity (Wildman–Crippen MR) is 112 cm³/mol. The van der Waals surface area contributed by atoms with Gasteiger partial charge < -0.3 is 4.90 Å². The van der Waals surface area contributed by atoms with Crippen molar-refractivity contribution in [3.05, 3.63) is 35.4 Å². The van der Waals surface area contributed by atoms with Crippen LogP contribution in [0.5, 0.6) is 0 Å². The lowest BCUT2D eigenvalue weighted by atomic mass is 9.73. The van der Waals surface area contributed by atoms with Gasteiger partial charge in [0.15, 0.2) is 0 Å². The number of fused-ring (bicyclic) bond motifs is 2. The molecular formula is C22H36N2O2S. The molecule has 0 unspecified atom stereocenters. The van der Waals surface area contributed by atoms with Crippen molar-refractivity contribution in [3.8, 4) is 0 Å². The molecule has 0 aromatic heterocycles. The minimum atomic E-state index is -3.20. The second kappa shape index (κ2) is 7.49. The van der Waals surface area contributed by atoms with E-state index in [9.17, 15) is 8.42 Å². The number of benzene rings is 1. The quantitative estimate of drug-likeness (QED) is 0.821. The second-order valence-electron chi connectivity index (χ2n) is 9.34. The summed E-state index contributed by atoms with van der Waals surface area (Å²) in [7, 11) is -3.20. The van der Waals surface area contributed by atoms with E-state index in [1.165, 1.54) is 49.6 Å². The van der Waals surface area contributed by atoms with E-state index in [0.29, 0.717) is 0 Å². The molecule has 4 rings (SSSR count). The molecule has 1 aromatic rings. The van der Waals surface area contributed by atoms with E-state index >= 15 is 0 Å². The van der Waals surface area contributed by atoms with Crippen molar-refractivity contribution in [2.75, 3.05) is 25.9 Å². The Morgan fingerprint density at radius 1 is 1.22 bits per heavy atom. The molecule has 1 N–H and O–H groups in total. The summed E-state index contributed by atoms with van der Waals surface area (Å²) >= 11 is 0. The molecule has 27 heavy (non-hydrogen) atoms. The van der Waals surface area contributed by atoms with Crippen LogP contribution in [0.2, 0.25) is 0 Å². The molecule has 152 valence electrons. The van der Waals surface area contributed by atoms with Gasteiger partial charge in [-0.05, 0) is 60.7 Å². The summed E-state index contributed by atoms with van der Waals surface area (Å²) in [5.41, 5.74) is 2.72. The fourth-order valence-corrected chi connectivity index (χ4v) is 6.71. The van der Waals surface area contributed by atoms with Crippen molar-refractivity contribution in [2.24, 2.45) is 11.8 Å². The summed E-state index contributed by atoms with van der Waals surface area (Å²) in [4.78, 5) is 2.66. The molecular weight excluding hydrogens is 356 g/mol. The van der Waals surface area contributed by atoms with E-state index in [4.69, 9.17) is 0 Å². The third-order valence-electron chi connectivity index (χ3n) is 7.42. The fourth-order valence-electron chi connectivity index (χ4n) is 5.98. The molecule has 1 aliphatic heterocycles. The molecule has 0 bridgehead atoms. The van der Waals surface area contributed by atoms with Gasteiger partial charge in [0, 0.05) is 14.0 Å². The molecule has 2 fully saturated rings. The maximum atomic E-state index is 11.8. The average molecular weight is 393 g/mol. The molecule has 5 heteroatoms. The highest BCUT2D eigenvalue weighted by molar-refractivity contribution is 7.88. The lowest BCUT2D eigenvalue weighted by Gasteiger charge is -2.41. The molecule has 1 saturated carbocycles. The highest BCUT2D eigenvalue weighted by Gasteiger charge is 2.46. The number of piperidine rings is 1. The summed E-state index contributed by atoms with van der Waals surface area (Å²) in [5, 5.41) is 0. The normalized spacial score (nSPS) is 27.1. The van der Waals surface area contributed by atoms with Crippen LogP contribution in [0.4, 0.5) is 0 Å². The van der Waals surface area contributed by atoms with Crippen LogP contribution in [0, 0.1) is 11.8 Å². The first kappa shape index (κ1) is 19.4. The second-order valence-corrected chi connectivity index (χ2v) is 11.1. The van der Waals surface area contributed by atoms with E-state index in [0.717, 1.165) is 44.2 Å². The van der Waals surface area contributed by atoms with Crippen molar-refractivity contribution >= 4 is 10.0 Å². The lowest BCUT2D eigenvalue weighted by molar-refractivity contribution is 0.125. The zero-order valence-corrected chi connectivity index (χ0v) is 17.6. The first-order chi connectivity index (χ1) is 12.9. The molecule has 3 aliphatic rings. The van der Waals surface area contributed by atoms with Crippen LogP contribution in [0.15, 0.2) is 24.3 Å². The van der Waals surface area contributed by atoms with Gasteiger partial charge in [0.05, 0.1) is 6.26 Å². The maximum Gasteiger partial charge on any atom is 0.209 e. The Bertz CT molecular complexity index is 768. The number of likely N-dealkylation sites (tertiary alicyclic amines) is 1. The van der Waals surface area contributed by atoms with Crippen LogP contribution in [-0.2, 0) is 15.4 Å². The van der Waals surface area contributed by atoms with Crippen molar-refractivity contribution in [2.45, 2.75) is 63.3 Å². The van der Waals surface area contributed by atoms with Gasteiger partial charge in [-0.15, -0.1) is 0 Å². The molecule has 4 nitrogen and oxygen atoms in total. The highest BCUT2D eigenvalue weighted by atomic mass is 32.2. The summed E-state index contributed by atoms with van der Waals surface area (Å²) < 4.78 is 26.6. The van der Waals surface area contributed by atoms with E-state index in [1.807, 2.05) is 6.07 Å². The number of rotatable bonds is 5. The smallest absolute Gasteiger partial charge is 0.209 e. The zero-order valence-electron chi connectivity index (χ0n) is 16.8. The highest BCUT2D eigenvalue weighted by Crippen LogP contribution is 2.51.